The molecule has 0 amide bonds. The molecule has 5 aromatic rings. The molecular formula is C27H25F2N11O2. The van der Waals surface area contributed by atoms with E-state index in [1.807, 2.05) is 6.07 Å². The van der Waals surface area contributed by atoms with Crippen LogP contribution in [0.2, 0.25) is 0 Å². The van der Waals surface area contributed by atoms with Crippen molar-refractivity contribution in [3.63, 3.8) is 0 Å². The van der Waals surface area contributed by atoms with Crippen LogP contribution in [0, 0.1) is 11.3 Å². The third-order valence-electron chi connectivity index (χ3n) is 6.67. The number of aryl methyl sites for hydroxylation is 1. The molecule has 6 rings (SSSR count). The number of benzene rings is 1. The van der Waals surface area contributed by atoms with Crippen molar-refractivity contribution in [3.8, 4) is 23.2 Å². The van der Waals surface area contributed by atoms with Gasteiger partial charge in [-0.05, 0) is 48.7 Å². The van der Waals surface area contributed by atoms with Gasteiger partial charge in [-0.25, -0.2) is 23.7 Å². The Bertz CT molecular complexity index is 1790. The lowest BCUT2D eigenvalue weighted by Gasteiger charge is -2.25. The summed E-state index contributed by atoms with van der Waals surface area (Å²) >= 11 is 0. The van der Waals surface area contributed by atoms with Gasteiger partial charge in [-0.15, -0.1) is 10.2 Å². The number of hydrogen-bond donors (Lipinski definition) is 2. The molecule has 15 heteroatoms. The number of imidazole rings is 1. The lowest BCUT2D eigenvalue weighted by molar-refractivity contribution is -0.0363. The van der Waals surface area contributed by atoms with Crippen molar-refractivity contribution in [1.82, 2.24) is 39.7 Å². The molecule has 0 aliphatic carbocycles. The minimum absolute atomic E-state index is 0.201. The number of nitriles is 1. The first kappa shape index (κ1) is 27.0. The highest BCUT2D eigenvalue weighted by atomic mass is 19.3. The van der Waals surface area contributed by atoms with Crippen LogP contribution in [0.5, 0.6) is 5.75 Å². The van der Waals surface area contributed by atoms with Crippen LogP contribution < -0.4 is 15.4 Å². The molecule has 0 spiro atoms. The van der Waals surface area contributed by atoms with Crippen LogP contribution in [0.15, 0.2) is 42.5 Å². The van der Waals surface area contributed by atoms with Gasteiger partial charge in [-0.1, -0.05) is 12.1 Å². The quantitative estimate of drug-likeness (QED) is 0.257. The van der Waals surface area contributed by atoms with E-state index >= 15 is 0 Å². The Morgan fingerprint density at radius 2 is 1.93 bits per heavy atom. The highest BCUT2D eigenvalue weighted by molar-refractivity contribution is 5.92. The number of tetrazole rings is 1. The lowest BCUT2D eigenvalue weighted by atomic mass is 10.1. The lowest BCUT2D eigenvalue weighted by Crippen LogP contribution is -2.20. The summed E-state index contributed by atoms with van der Waals surface area (Å²) in [6, 6.07) is 13.9. The molecule has 4 aromatic heterocycles. The van der Waals surface area contributed by atoms with Gasteiger partial charge in [-0.3, -0.25) is 4.57 Å². The van der Waals surface area contributed by atoms with Crippen molar-refractivity contribution in [2.45, 2.75) is 31.9 Å². The molecule has 1 aliphatic heterocycles. The summed E-state index contributed by atoms with van der Waals surface area (Å²) in [5.41, 5.74) is 2.08. The third-order valence-corrected chi connectivity index (χ3v) is 6.67. The second kappa shape index (κ2) is 11.3. The Morgan fingerprint density at radius 3 is 2.64 bits per heavy atom. The van der Waals surface area contributed by atoms with E-state index in [1.165, 1.54) is 16.5 Å². The Labute approximate surface area is 238 Å². The average molecular weight is 574 g/mol. The molecule has 0 saturated carbocycles. The van der Waals surface area contributed by atoms with Crippen molar-refractivity contribution in [2.75, 3.05) is 24.4 Å². The Morgan fingerprint density at radius 1 is 1.07 bits per heavy atom. The number of halogens is 2. The molecule has 0 bridgehead atoms. The molecule has 0 radical (unpaired) electrons. The van der Waals surface area contributed by atoms with Crippen LogP contribution in [0.1, 0.15) is 43.4 Å². The van der Waals surface area contributed by atoms with E-state index in [2.05, 4.69) is 41.0 Å². The largest absolute Gasteiger partial charge is 0.494 e. The van der Waals surface area contributed by atoms with Crippen LogP contribution >= 0.6 is 0 Å². The zero-order valence-electron chi connectivity index (χ0n) is 22.6. The molecule has 214 valence electrons. The topological polar surface area (TPSA) is 154 Å². The molecule has 1 fully saturated rings. The summed E-state index contributed by atoms with van der Waals surface area (Å²) in [7, 11) is 3.16. The van der Waals surface area contributed by atoms with Crippen molar-refractivity contribution in [1.29, 1.82) is 5.26 Å². The fourth-order valence-corrected chi connectivity index (χ4v) is 4.87. The van der Waals surface area contributed by atoms with Gasteiger partial charge < -0.3 is 20.1 Å². The normalized spacial score (nSPS) is 15.1. The van der Waals surface area contributed by atoms with Crippen LogP contribution in [-0.2, 0) is 11.8 Å². The van der Waals surface area contributed by atoms with E-state index in [0.717, 1.165) is 12.8 Å². The smallest absolute Gasteiger partial charge is 0.295 e. The van der Waals surface area contributed by atoms with Crippen molar-refractivity contribution in [3.05, 3.63) is 54.0 Å². The maximum Gasteiger partial charge on any atom is 0.295 e. The minimum Gasteiger partial charge on any atom is -0.494 e. The predicted octanol–water partition coefficient (Wildman–Crippen LogP) is 5.02. The monoisotopic (exact) mass is 573 g/mol. The molecular weight excluding hydrogens is 548 g/mol. The fourth-order valence-electron chi connectivity index (χ4n) is 4.87. The van der Waals surface area contributed by atoms with E-state index < -0.39 is 18.5 Å². The van der Waals surface area contributed by atoms with E-state index in [4.69, 9.17) is 9.47 Å². The van der Waals surface area contributed by atoms with Gasteiger partial charge >= 0.3 is 0 Å². The molecule has 5 heterocycles. The molecule has 1 atom stereocenters. The number of anilines is 4. The number of ether oxygens (including phenoxy) is 2. The van der Waals surface area contributed by atoms with Gasteiger partial charge in [0.2, 0.25) is 5.82 Å². The maximum atomic E-state index is 14.4. The van der Waals surface area contributed by atoms with Crippen LogP contribution in [0.25, 0.3) is 22.6 Å². The summed E-state index contributed by atoms with van der Waals surface area (Å²) in [5.74, 6) is 0.962. The van der Waals surface area contributed by atoms with E-state index in [9.17, 15) is 14.0 Å². The van der Waals surface area contributed by atoms with Gasteiger partial charge in [0, 0.05) is 12.7 Å². The molecule has 2 N–H and O–H groups in total. The number of nitrogens with zero attached hydrogens (tertiary/aromatic N) is 9. The van der Waals surface area contributed by atoms with E-state index in [0.29, 0.717) is 47.4 Å². The SMILES string of the molecule is COc1c(Nc2cc(Nc3cccc(C#N)n3)nc3c2nc(C(F)F)n3C2CCCCO2)cccc1-c1nnn(C)n1. The Kier molecular flexibility index (Phi) is 7.28. The molecule has 13 nitrogen and oxygen atoms in total. The molecule has 1 unspecified atom stereocenters. The summed E-state index contributed by atoms with van der Waals surface area (Å²) in [6.45, 7) is 0.446. The molecule has 1 saturated heterocycles. The van der Waals surface area contributed by atoms with Crippen molar-refractivity contribution >= 4 is 34.2 Å². The summed E-state index contributed by atoms with van der Waals surface area (Å²) in [5, 5.41) is 27.9. The number of rotatable bonds is 8. The van der Waals surface area contributed by atoms with Crippen molar-refractivity contribution in [2.24, 2.45) is 7.05 Å². The Hall–Kier alpha value is -5.23. The molecule has 42 heavy (non-hydrogen) atoms. The molecule has 1 aromatic carbocycles. The third kappa shape index (κ3) is 5.15. The summed E-state index contributed by atoms with van der Waals surface area (Å²) in [6.07, 6.45) is -1.31. The number of hydrogen-bond acceptors (Lipinski definition) is 11. The first-order valence-corrected chi connectivity index (χ1v) is 13.1. The number of aromatic nitrogens is 8. The van der Waals surface area contributed by atoms with Crippen LogP contribution in [0.3, 0.4) is 0 Å². The minimum atomic E-state index is -2.87. The average Bonchev–Trinajstić information content (AvgIpc) is 3.61. The number of methoxy groups -OCH3 is 1. The summed E-state index contributed by atoms with van der Waals surface area (Å²) < 4.78 is 41.8. The van der Waals surface area contributed by atoms with Gasteiger partial charge in [0.05, 0.1) is 31.1 Å². The summed E-state index contributed by atoms with van der Waals surface area (Å²) in [4.78, 5) is 14.6. The predicted molar refractivity (Wildman–Crippen MR) is 148 cm³/mol. The van der Waals surface area contributed by atoms with Crippen molar-refractivity contribution < 1.29 is 18.3 Å². The highest BCUT2D eigenvalue weighted by Gasteiger charge is 2.29. The standard InChI is InChI=1S/C27H25F2N11O2/c1-39-37-25(36-38-39)16-8-6-9-17(23(16)41-2)32-18-13-20(33-19-10-5-7-15(14-30)31-19)34-26-22(18)35-27(24(28)29)40(26)21-11-3-4-12-42-21/h5-10,13,21,24H,3-4,11-12H2,1-2H3,(H2,31,32,33,34). The zero-order valence-corrected chi connectivity index (χ0v) is 22.6. The Balaban J connectivity index is 1.51. The highest BCUT2D eigenvalue weighted by Crippen LogP contribution is 2.40. The zero-order chi connectivity index (χ0) is 29.2. The van der Waals surface area contributed by atoms with Gasteiger partial charge in [0.15, 0.2) is 17.2 Å². The maximum absolute atomic E-state index is 14.4. The van der Waals surface area contributed by atoms with E-state index in [-0.39, 0.29) is 22.7 Å². The van der Waals surface area contributed by atoms with Gasteiger partial charge in [0.25, 0.3) is 6.43 Å². The second-order valence-corrected chi connectivity index (χ2v) is 9.45. The molecule has 1 aliphatic rings. The van der Waals surface area contributed by atoms with Gasteiger partial charge in [-0.2, -0.15) is 10.1 Å². The fraction of sp³-hybridized carbons (Fsp3) is 0.296. The number of nitrogens with one attached hydrogen (secondary N) is 2. The van der Waals surface area contributed by atoms with E-state index in [1.54, 1.807) is 49.5 Å². The number of para-hydroxylation sites is 1. The number of alkyl halides is 2. The first-order chi connectivity index (χ1) is 20.4. The van der Waals surface area contributed by atoms with Crippen LogP contribution in [0.4, 0.5) is 31.8 Å². The van der Waals surface area contributed by atoms with Gasteiger partial charge in [0.1, 0.15) is 35.1 Å². The number of pyridine rings is 2. The van der Waals surface area contributed by atoms with Crippen LogP contribution in [-0.4, -0.2) is 53.4 Å². The number of fused-ring (bicyclic) bond motifs is 1. The first-order valence-electron chi connectivity index (χ1n) is 13.1. The second-order valence-electron chi connectivity index (χ2n) is 9.45.